The number of pyridine rings is 1. The largest absolute Gasteiger partial charge is 0.390 e. The number of halogens is 4. The lowest BCUT2D eigenvalue weighted by Crippen LogP contribution is -2.31. The Bertz CT molecular complexity index is 409. The van der Waals surface area contributed by atoms with Crippen LogP contribution in [0.1, 0.15) is 16.9 Å². The van der Waals surface area contributed by atoms with E-state index in [1.54, 1.807) is 0 Å². The van der Waals surface area contributed by atoms with Crippen molar-refractivity contribution in [1.29, 1.82) is 0 Å². The van der Waals surface area contributed by atoms with E-state index in [0.717, 1.165) is 4.90 Å². The normalized spacial score (nSPS) is 11.4. The van der Waals surface area contributed by atoms with Gasteiger partial charge in [0.25, 0.3) is 5.91 Å². The van der Waals surface area contributed by atoms with E-state index in [9.17, 15) is 18.0 Å². The number of amides is 1. The lowest BCUT2D eigenvalue weighted by Gasteiger charge is -2.17. The first kappa shape index (κ1) is 13.8. The average Bonchev–Trinajstić information content (AvgIpc) is 2.24. The summed E-state index contributed by atoms with van der Waals surface area (Å²) in [4.78, 5) is 16.4. The second kappa shape index (κ2) is 5.35. The number of hydrogen-bond acceptors (Lipinski definition) is 2. The standard InChI is InChI=1S/C10H10ClF3N2O/c1-16(5-3-10(12,13)14)9(17)8-6-7(11)2-4-15-8/h2,4,6H,3,5H2,1H3. The van der Waals surface area contributed by atoms with Gasteiger partial charge in [-0.2, -0.15) is 13.2 Å². The molecule has 1 aromatic rings. The molecule has 0 radical (unpaired) electrons. The molecule has 0 saturated heterocycles. The minimum absolute atomic E-state index is 0.0298. The van der Waals surface area contributed by atoms with Crippen molar-refractivity contribution in [1.82, 2.24) is 9.88 Å². The monoisotopic (exact) mass is 266 g/mol. The zero-order chi connectivity index (χ0) is 13.1. The summed E-state index contributed by atoms with van der Waals surface area (Å²) in [6, 6.07) is 2.79. The molecule has 1 heterocycles. The lowest BCUT2D eigenvalue weighted by molar-refractivity contribution is -0.136. The maximum Gasteiger partial charge on any atom is 0.390 e. The minimum Gasteiger partial charge on any atom is -0.340 e. The molecule has 0 unspecified atom stereocenters. The number of aromatic nitrogens is 1. The van der Waals surface area contributed by atoms with Gasteiger partial charge in [-0.15, -0.1) is 0 Å². The molecule has 3 nitrogen and oxygen atoms in total. The van der Waals surface area contributed by atoms with Gasteiger partial charge in [-0.3, -0.25) is 9.78 Å². The quantitative estimate of drug-likeness (QED) is 0.843. The molecule has 0 N–H and O–H groups in total. The van der Waals surface area contributed by atoms with Crippen molar-refractivity contribution in [3.05, 3.63) is 29.0 Å². The molecule has 0 aromatic carbocycles. The molecular formula is C10H10ClF3N2O. The molecule has 0 aliphatic carbocycles. The van der Waals surface area contributed by atoms with Crippen molar-refractivity contribution >= 4 is 17.5 Å². The van der Waals surface area contributed by atoms with Crippen molar-refractivity contribution in [2.24, 2.45) is 0 Å². The van der Waals surface area contributed by atoms with E-state index in [-0.39, 0.29) is 5.69 Å². The number of hydrogen-bond donors (Lipinski definition) is 0. The van der Waals surface area contributed by atoms with Crippen LogP contribution in [-0.2, 0) is 0 Å². The van der Waals surface area contributed by atoms with Gasteiger partial charge in [-0.05, 0) is 12.1 Å². The molecule has 1 amide bonds. The summed E-state index contributed by atoms with van der Waals surface area (Å²) in [5.41, 5.74) is 0.0298. The summed E-state index contributed by atoms with van der Waals surface area (Å²) in [6.45, 7) is -0.406. The third-order valence-electron chi connectivity index (χ3n) is 2.02. The number of nitrogens with zero attached hydrogens (tertiary/aromatic N) is 2. The van der Waals surface area contributed by atoms with Gasteiger partial charge in [0, 0.05) is 24.8 Å². The minimum atomic E-state index is -4.28. The van der Waals surface area contributed by atoms with Crippen LogP contribution in [0.15, 0.2) is 18.3 Å². The Morgan fingerprint density at radius 2 is 2.18 bits per heavy atom. The molecular weight excluding hydrogens is 257 g/mol. The van der Waals surface area contributed by atoms with Gasteiger partial charge in [0.1, 0.15) is 5.69 Å². The van der Waals surface area contributed by atoms with E-state index in [2.05, 4.69) is 4.98 Å². The summed E-state index contributed by atoms with van der Waals surface area (Å²) >= 11 is 5.65. The Morgan fingerprint density at radius 3 is 2.71 bits per heavy atom. The van der Waals surface area contributed by atoms with E-state index in [1.165, 1.54) is 25.4 Å². The van der Waals surface area contributed by atoms with Crippen LogP contribution in [0.2, 0.25) is 5.02 Å². The maximum absolute atomic E-state index is 12.0. The first-order valence-electron chi connectivity index (χ1n) is 4.73. The van der Waals surface area contributed by atoms with Crippen molar-refractivity contribution < 1.29 is 18.0 Å². The third-order valence-corrected chi connectivity index (χ3v) is 2.25. The second-order valence-corrected chi connectivity index (χ2v) is 3.89. The second-order valence-electron chi connectivity index (χ2n) is 3.45. The smallest absolute Gasteiger partial charge is 0.340 e. The molecule has 17 heavy (non-hydrogen) atoms. The van der Waals surface area contributed by atoms with Crippen LogP contribution < -0.4 is 0 Å². The first-order valence-corrected chi connectivity index (χ1v) is 5.11. The molecule has 7 heteroatoms. The van der Waals surface area contributed by atoms with Gasteiger partial charge in [0.15, 0.2) is 0 Å². The van der Waals surface area contributed by atoms with Crippen LogP contribution in [0.4, 0.5) is 13.2 Å². The molecule has 0 saturated carbocycles. The van der Waals surface area contributed by atoms with Crippen molar-refractivity contribution in [3.8, 4) is 0 Å². The molecule has 1 aromatic heterocycles. The summed E-state index contributed by atoms with van der Waals surface area (Å²) < 4.78 is 35.9. The number of rotatable bonds is 3. The topological polar surface area (TPSA) is 33.2 Å². The van der Waals surface area contributed by atoms with E-state index in [4.69, 9.17) is 11.6 Å². The molecule has 0 fully saturated rings. The Morgan fingerprint density at radius 1 is 1.53 bits per heavy atom. The SMILES string of the molecule is CN(CCC(F)(F)F)C(=O)c1cc(Cl)ccn1. The molecule has 0 spiro atoms. The fraction of sp³-hybridized carbons (Fsp3) is 0.400. The third kappa shape index (κ3) is 4.60. The number of carbonyl (C=O) groups is 1. The predicted molar refractivity (Wildman–Crippen MR) is 56.9 cm³/mol. The number of alkyl halides is 3. The first-order chi connectivity index (χ1) is 7.79. The van der Waals surface area contributed by atoms with E-state index >= 15 is 0 Å². The zero-order valence-corrected chi connectivity index (χ0v) is 9.72. The summed E-state index contributed by atoms with van der Waals surface area (Å²) in [5.74, 6) is -0.586. The fourth-order valence-corrected chi connectivity index (χ4v) is 1.27. The van der Waals surface area contributed by atoms with E-state index in [0.29, 0.717) is 5.02 Å². The van der Waals surface area contributed by atoms with Gasteiger partial charge < -0.3 is 4.90 Å². The highest BCUT2D eigenvalue weighted by Gasteiger charge is 2.28. The zero-order valence-electron chi connectivity index (χ0n) is 8.96. The highest BCUT2D eigenvalue weighted by molar-refractivity contribution is 6.30. The van der Waals surface area contributed by atoms with Crippen molar-refractivity contribution in [2.75, 3.05) is 13.6 Å². The fourth-order valence-electron chi connectivity index (χ4n) is 1.11. The van der Waals surface area contributed by atoms with Gasteiger partial charge in [0.05, 0.1) is 6.42 Å². The molecule has 94 valence electrons. The van der Waals surface area contributed by atoms with Gasteiger partial charge >= 0.3 is 6.18 Å². The Balaban J connectivity index is 2.64. The summed E-state index contributed by atoms with van der Waals surface area (Å²) in [5, 5.41) is 0.313. The lowest BCUT2D eigenvalue weighted by atomic mass is 10.3. The van der Waals surface area contributed by atoms with Gasteiger partial charge in [0.2, 0.25) is 0 Å². The van der Waals surface area contributed by atoms with Crippen molar-refractivity contribution in [2.45, 2.75) is 12.6 Å². The summed E-state index contributed by atoms with van der Waals surface area (Å²) in [7, 11) is 1.29. The highest BCUT2D eigenvalue weighted by Crippen LogP contribution is 2.20. The predicted octanol–water partition coefficient (Wildman–Crippen LogP) is 2.76. The average molecular weight is 267 g/mol. The molecule has 0 bridgehead atoms. The van der Waals surface area contributed by atoms with Gasteiger partial charge in [-0.1, -0.05) is 11.6 Å². The Labute approximate surface area is 101 Å². The molecule has 0 aliphatic heterocycles. The van der Waals surface area contributed by atoms with Crippen LogP contribution >= 0.6 is 11.6 Å². The Kier molecular flexibility index (Phi) is 4.34. The van der Waals surface area contributed by atoms with Crippen LogP contribution in [0.3, 0.4) is 0 Å². The maximum atomic E-state index is 12.0. The molecule has 1 rings (SSSR count). The Hall–Kier alpha value is -1.30. The van der Waals surface area contributed by atoms with E-state index in [1.807, 2.05) is 0 Å². The van der Waals surface area contributed by atoms with Gasteiger partial charge in [-0.25, -0.2) is 0 Å². The van der Waals surface area contributed by atoms with E-state index < -0.39 is 25.0 Å². The summed E-state index contributed by atoms with van der Waals surface area (Å²) in [6.07, 6.45) is -4.00. The van der Waals surface area contributed by atoms with Crippen LogP contribution in [-0.4, -0.2) is 35.6 Å². The molecule has 0 atom stereocenters. The van der Waals surface area contributed by atoms with Crippen LogP contribution in [0, 0.1) is 0 Å². The van der Waals surface area contributed by atoms with Crippen molar-refractivity contribution in [3.63, 3.8) is 0 Å². The molecule has 0 aliphatic rings. The van der Waals surface area contributed by atoms with Crippen LogP contribution in [0.25, 0.3) is 0 Å². The highest BCUT2D eigenvalue weighted by atomic mass is 35.5. The number of carbonyl (C=O) groups excluding carboxylic acids is 1. The van der Waals surface area contributed by atoms with Crippen LogP contribution in [0.5, 0.6) is 0 Å².